The number of nitrogens with zero attached hydrogens (tertiary/aromatic N) is 2. The predicted molar refractivity (Wildman–Crippen MR) is 72.7 cm³/mol. The molecule has 0 amide bonds. The van der Waals surface area contributed by atoms with E-state index in [1.54, 1.807) is 0 Å². The second-order valence-electron chi connectivity index (χ2n) is 5.35. The third-order valence-corrected chi connectivity index (χ3v) is 3.96. The van der Waals surface area contributed by atoms with Crippen LogP contribution in [0.1, 0.15) is 49.7 Å². The van der Waals surface area contributed by atoms with Crippen LogP contribution in [0.15, 0.2) is 4.52 Å². The Balaban J connectivity index is 1.97. The molecule has 0 aliphatic carbocycles. The minimum absolute atomic E-state index is 0.407. The summed E-state index contributed by atoms with van der Waals surface area (Å²) in [5.41, 5.74) is 2.30. The molecule has 0 aromatic carbocycles. The normalized spacial score (nSPS) is 22.6. The zero-order chi connectivity index (χ0) is 13.1. The van der Waals surface area contributed by atoms with Gasteiger partial charge in [0.1, 0.15) is 5.76 Å². The van der Waals surface area contributed by atoms with Gasteiger partial charge in [0.05, 0.1) is 5.69 Å². The van der Waals surface area contributed by atoms with Crippen LogP contribution in [0.5, 0.6) is 0 Å². The first kappa shape index (κ1) is 13.6. The number of likely N-dealkylation sites (tertiary alicyclic amines) is 1. The highest BCUT2D eigenvalue weighted by Crippen LogP contribution is 2.29. The van der Waals surface area contributed by atoms with Gasteiger partial charge in [0.15, 0.2) is 0 Å². The molecule has 1 aliphatic heterocycles. The third-order valence-electron chi connectivity index (χ3n) is 3.96. The quantitative estimate of drug-likeness (QED) is 0.872. The Morgan fingerprint density at radius 1 is 1.50 bits per heavy atom. The molecule has 0 saturated carbocycles. The minimum atomic E-state index is 0.407. The fraction of sp³-hybridized carbons (Fsp3) is 0.786. The standard InChI is InChI=1S/C14H25N3O/c1-5-7-15-13-6-8-17(9-13)11(3)14-10(2)16-18-12(14)4/h11,13,15H,5-9H2,1-4H3. The Morgan fingerprint density at radius 3 is 2.89 bits per heavy atom. The number of hydrogen-bond acceptors (Lipinski definition) is 4. The lowest BCUT2D eigenvalue weighted by atomic mass is 10.1. The number of rotatable bonds is 5. The highest BCUT2D eigenvalue weighted by Gasteiger charge is 2.29. The molecule has 4 heteroatoms. The molecular formula is C14H25N3O. The topological polar surface area (TPSA) is 41.3 Å². The highest BCUT2D eigenvalue weighted by molar-refractivity contribution is 5.24. The summed E-state index contributed by atoms with van der Waals surface area (Å²) in [6, 6.07) is 1.05. The van der Waals surface area contributed by atoms with Gasteiger partial charge in [-0.2, -0.15) is 0 Å². The molecule has 2 heterocycles. The number of aryl methyl sites for hydroxylation is 2. The third kappa shape index (κ3) is 2.75. The van der Waals surface area contributed by atoms with Crippen LogP contribution in [0.4, 0.5) is 0 Å². The van der Waals surface area contributed by atoms with Gasteiger partial charge in [-0.25, -0.2) is 0 Å². The van der Waals surface area contributed by atoms with E-state index in [0.29, 0.717) is 12.1 Å². The molecule has 1 aliphatic rings. The zero-order valence-corrected chi connectivity index (χ0v) is 12.0. The number of hydrogen-bond donors (Lipinski definition) is 1. The maximum Gasteiger partial charge on any atom is 0.138 e. The van der Waals surface area contributed by atoms with Gasteiger partial charge in [-0.05, 0) is 40.2 Å². The van der Waals surface area contributed by atoms with Gasteiger partial charge in [-0.1, -0.05) is 12.1 Å². The summed E-state index contributed by atoms with van der Waals surface area (Å²) >= 11 is 0. The summed E-state index contributed by atoms with van der Waals surface area (Å²) in [5, 5.41) is 7.67. The monoisotopic (exact) mass is 251 g/mol. The smallest absolute Gasteiger partial charge is 0.138 e. The van der Waals surface area contributed by atoms with Crippen LogP contribution in [0.25, 0.3) is 0 Å². The lowest BCUT2D eigenvalue weighted by Crippen LogP contribution is -2.34. The summed E-state index contributed by atoms with van der Waals surface area (Å²) < 4.78 is 5.28. The average molecular weight is 251 g/mol. The molecule has 1 N–H and O–H groups in total. The van der Waals surface area contributed by atoms with Crippen molar-refractivity contribution in [2.75, 3.05) is 19.6 Å². The molecule has 0 spiro atoms. The van der Waals surface area contributed by atoms with Crippen molar-refractivity contribution in [1.29, 1.82) is 0 Å². The predicted octanol–water partition coefficient (Wildman–Crippen LogP) is 2.43. The summed E-state index contributed by atoms with van der Waals surface area (Å²) in [6.07, 6.45) is 2.45. The summed E-state index contributed by atoms with van der Waals surface area (Å²) in [4.78, 5) is 2.53. The van der Waals surface area contributed by atoms with E-state index in [0.717, 1.165) is 31.1 Å². The fourth-order valence-electron chi connectivity index (χ4n) is 2.92. The van der Waals surface area contributed by atoms with E-state index in [1.165, 1.54) is 18.4 Å². The maximum atomic E-state index is 5.28. The number of nitrogens with one attached hydrogen (secondary N) is 1. The van der Waals surface area contributed by atoms with E-state index in [2.05, 4.69) is 29.2 Å². The second-order valence-corrected chi connectivity index (χ2v) is 5.35. The van der Waals surface area contributed by atoms with Gasteiger partial charge >= 0.3 is 0 Å². The Labute approximate surface area is 110 Å². The van der Waals surface area contributed by atoms with Gasteiger partial charge < -0.3 is 9.84 Å². The Morgan fingerprint density at radius 2 is 2.28 bits per heavy atom. The summed E-state index contributed by atoms with van der Waals surface area (Å²) in [7, 11) is 0. The molecule has 0 radical (unpaired) electrons. The molecule has 1 saturated heterocycles. The lowest BCUT2D eigenvalue weighted by Gasteiger charge is -2.24. The minimum Gasteiger partial charge on any atom is -0.361 e. The van der Waals surface area contributed by atoms with E-state index in [1.807, 2.05) is 13.8 Å². The van der Waals surface area contributed by atoms with E-state index < -0.39 is 0 Å². The van der Waals surface area contributed by atoms with Crippen LogP contribution in [-0.4, -0.2) is 35.7 Å². The molecular weight excluding hydrogens is 226 g/mol. The molecule has 102 valence electrons. The first-order valence-electron chi connectivity index (χ1n) is 7.03. The maximum absolute atomic E-state index is 5.28. The second kappa shape index (κ2) is 5.85. The molecule has 1 fully saturated rings. The zero-order valence-electron chi connectivity index (χ0n) is 12.0. The van der Waals surface area contributed by atoms with Crippen LogP contribution in [0, 0.1) is 13.8 Å². The first-order chi connectivity index (χ1) is 8.63. The van der Waals surface area contributed by atoms with E-state index in [9.17, 15) is 0 Å². The van der Waals surface area contributed by atoms with Crippen LogP contribution in [0.2, 0.25) is 0 Å². The van der Waals surface area contributed by atoms with E-state index in [-0.39, 0.29) is 0 Å². The largest absolute Gasteiger partial charge is 0.361 e. The van der Waals surface area contributed by atoms with Crippen LogP contribution >= 0.6 is 0 Å². The Bertz CT molecular complexity index is 369. The molecule has 2 atom stereocenters. The van der Waals surface area contributed by atoms with Crippen molar-refractivity contribution in [2.24, 2.45) is 0 Å². The van der Waals surface area contributed by atoms with Crippen molar-refractivity contribution in [3.05, 3.63) is 17.0 Å². The first-order valence-corrected chi connectivity index (χ1v) is 7.03. The van der Waals surface area contributed by atoms with Gasteiger partial charge in [0.2, 0.25) is 0 Å². The van der Waals surface area contributed by atoms with Crippen LogP contribution < -0.4 is 5.32 Å². The lowest BCUT2D eigenvalue weighted by molar-refractivity contribution is 0.252. The van der Waals surface area contributed by atoms with Gasteiger partial charge in [-0.15, -0.1) is 0 Å². The molecule has 2 unspecified atom stereocenters. The molecule has 1 aromatic heterocycles. The molecule has 4 nitrogen and oxygen atoms in total. The van der Waals surface area contributed by atoms with Crippen molar-refractivity contribution >= 4 is 0 Å². The van der Waals surface area contributed by atoms with Crippen molar-refractivity contribution in [2.45, 2.75) is 52.6 Å². The van der Waals surface area contributed by atoms with Gasteiger partial charge in [-0.3, -0.25) is 4.90 Å². The molecule has 2 rings (SSSR count). The van der Waals surface area contributed by atoms with Crippen molar-refractivity contribution in [1.82, 2.24) is 15.4 Å². The van der Waals surface area contributed by atoms with Gasteiger partial charge in [0.25, 0.3) is 0 Å². The van der Waals surface area contributed by atoms with Crippen molar-refractivity contribution in [3.63, 3.8) is 0 Å². The Kier molecular flexibility index (Phi) is 4.40. The number of aromatic nitrogens is 1. The molecule has 0 bridgehead atoms. The fourth-order valence-corrected chi connectivity index (χ4v) is 2.92. The van der Waals surface area contributed by atoms with E-state index >= 15 is 0 Å². The SMILES string of the molecule is CCCNC1CCN(C(C)c2c(C)noc2C)C1. The van der Waals surface area contributed by atoms with E-state index in [4.69, 9.17) is 4.52 Å². The highest BCUT2D eigenvalue weighted by atomic mass is 16.5. The average Bonchev–Trinajstić information content (AvgIpc) is 2.94. The van der Waals surface area contributed by atoms with Gasteiger partial charge in [0, 0.05) is 30.7 Å². The van der Waals surface area contributed by atoms with Crippen LogP contribution in [0.3, 0.4) is 0 Å². The van der Waals surface area contributed by atoms with Crippen molar-refractivity contribution in [3.8, 4) is 0 Å². The molecule has 18 heavy (non-hydrogen) atoms. The molecule has 1 aromatic rings. The van der Waals surface area contributed by atoms with Crippen LogP contribution in [-0.2, 0) is 0 Å². The Hall–Kier alpha value is -0.870. The summed E-state index contributed by atoms with van der Waals surface area (Å²) in [5.74, 6) is 0.963. The van der Waals surface area contributed by atoms with Crippen molar-refractivity contribution < 1.29 is 4.52 Å². The summed E-state index contributed by atoms with van der Waals surface area (Å²) in [6.45, 7) is 11.9.